The van der Waals surface area contributed by atoms with Crippen LogP contribution in [0.1, 0.15) is 12.5 Å². The van der Waals surface area contributed by atoms with Gasteiger partial charge in [-0.15, -0.1) is 0 Å². The molecule has 28 heavy (non-hydrogen) atoms. The predicted molar refractivity (Wildman–Crippen MR) is 107 cm³/mol. The van der Waals surface area contributed by atoms with Crippen molar-refractivity contribution in [3.63, 3.8) is 0 Å². The maximum absolute atomic E-state index is 13.6. The fourth-order valence-corrected chi connectivity index (χ4v) is 2.30. The molecule has 0 aliphatic carbocycles. The van der Waals surface area contributed by atoms with Gasteiger partial charge < -0.3 is 20.1 Å². The zero-order valence-corrected chi connectivity index (χ0v) is 15.6. The van der Waals surface area contributed by atoms with Gasteiger partial charge in [0.1, 0.15) is 12.4 Å². The molecule has 0 aliphatic heterocycles. The Kier molecular flexibility index (Phi) is 7.33. The highest BCUT2D eigenvalue weighted by molar-refractivity contribution is 6.02. The molecule has 2 aromatic carbocycles. The monoisotopic (exact) mass is 384 g/mol. The van der Waals surface area contributed by atoms with Gasteiger partial charge in [0.05, 0.1) is 12.8 Å². The minimum atomic E-state index is -0.588. The maximum Gasteiger partial charge on any atom is 0.248 e. The number of benzene rings is 2. The number of halogens is 1. The molecule has 0 spiro atoms. The Labute approximate surface area is 162 Å². The van der Waals surface area contributed by atoms with Gasteiger partial charge in [-0.25, -0.2) is 4.39 Å². The number of rotatable bonds is 8. The Bertz CT molecular complexity index is 909. The van der Waals surface area contributed by atoms with E-state index in [0.717, 1.165) is 11.6 Å². The number of methoxy groups -OCH3 is 1. The molecule has 0 bridgehead atoms. The van der Waals surface area contributed by atoms with Crippen LogP contribution < -0.4 is 20.1 Å². The zero-order chi connectivity index (χ0) is 20.5. The third-order valence-corrected chi connectivity index (χ3v) is 3.52. The average Bonchev–Trinajstić information content (AvgIpc) is 2.67. The number of nitrogens with one attached hydrogen (secondary N) is 2. The Balaban J connectivity index is 2.07. The van der Waals surface area contributed by atoms with E-state index < -0.39 is 17.6 Å². The van der Waals surface area contributed by atoms with Crippen LogP contribution in [0.4, 0.5) is 15.8 Å². The molecule has 0 saturated heterocycles. The van der Waals surface area contributed by atoms with Crippen LogP contribution in [0.15, 0.2) is 55.1 Å². The minimum Gasteiger partial charge on any atom is -0.493 e. The molecule has 2 rings (SSSR count). The summed E-state index contributed by atoms with van der Waals surface area (Å²) < 4.78 is 24.4. The van der Waals surface area contributed by atoms with Gasteiger partial charge in [-0.2, -0.15) is 0 Å². The van der Waals surface area contributed by atoms with E-state index in [1.54, 1.807) is 30.4 Å². The second kappa shape index (κ2) is 9.91. The van der Waals surface area contributed by atoms with Gasteiger partial charge in [0.15, 0.2) is 11.5 Å². The van der Waals surface area contributed by atoms with E-state index in [2.05, 4.69) is 17.2 Å². The lowest BCUT2D eigenvalue weighted by Crippen LogP contribution is -2.10. The van der Waals surface area contributed by atoms with Gasteiger partial charge in [0.2, 0.25) is 11.8 Å². The third kappa shape index (κ3) is 5.98. The summed E-state index contributed by atoms with van der Waals surface area (Å²) in [6, 6.07) is 9.15. The number of amides is 2. The minimum absolute atomic E-state index is 0.00544. The van der Waals surface area contributed by atoms with Gasteiger partial charge in [0, 0.05) is 18.7 Å². The summed E-state index contributed by atoms with van der Waals surface area (Å²) in [5.41, 5.74) is 1.08. The van der Waals surface area contributed by atoms with Crippen LogP contribution >= 0.6 is 0 Å². The first-order valence-corrected chi connectivity index (χ1v) is 8.41. The first kappa shape index (κ1) is 20.7. The quantitative estimate of drug-likeness (QED) is 0.533. The average molecular weight is 384 g/mol. The molecule has 2 N–H and O–H groups in total. The molecule has 0 unspecified atom stereocenters. The van der Waals surface area contributed by atoms with Gasteiger partial charge in [-0.3, -0.25) is 9.59 Å². The van der Waals surface area contributed by atoms with Crippen molar-refractivity contribution in [3.8, 4) is 11.5 Å². The van der Waals surface area contributed by atoms with E-state index in [9.17, 15) is 14.0 Å². The number of hydrogen-bond acceptors (Lipinski definition) is 4. The molecule has 2 amide bonds. The predicted octanol–water partition coefficient (Wildman–Crippen LogP) is 4.01. The number of hydrogen-bond donors (Lipinski definition) is 2. The van der Waals surface area contributed by atoms with E-state index in [1.165, 1.54) is 32.2 Å². The highest BCUT2D eigenvalue weighted by atomic mass is 19.1. The molecule has 6 nitrogen and oxygen atoms in total. The number of anilines is 2. The Hall–Kier alpha value is -3.61. The van der Waals surface area contributed by atoms with Gasteiger partial charge in [0.25, 0.3) is 0 Å². The summed E-state index contributed by atoms with van der Waals surface area (Å²) in [6.07, 6.45) is 4.57. The van der Waals surface area contributed by atoms with E-state index in [0.29, 0.717) is 23.8 Å². The molecule has 0 fully saturated rings. The van der Waals surface area contributed by atoms with Gasteiger partial charge in [-0.1, -0.05) is 18.7 Å². The fraction of sp³-hybridized carbons (Fsp3) is 0.143. The number of ether oxygens (including phenoxy) is 2. The molecule has 7 heteroatoms. The van der Waals surface area contributed by atoms with Crippen LogP contribution in [0, 0.1) is 5.82 Å². The molecule has 0 aliphatic rings. The summed E-state index contributed by atoms with van der Waals surface area (Å²) in [4.78, 5) is 23.2. The van der Waals surface area contributed by atoms with Crippen molar-refractivity contribution < 1.29 is 23.5 Å². The normalized spacial score (nSPS) is 10.4. The summed E-state index contributed by atoms with van der Waals surface area (Å²) in [7, 11) is 1.53. The molecule has 0 heterocycles. The van der Waals surface area contributed by atoms with Crippen LogP contribution in [-0.4, -0.2) is 25.5 Å². The lowest BCUT2D eigenvalue weighted by atomic mass is 10.2. The molecule has 2 aromatic rings. The summed E-state index contributed by atoms with van der Waals surface area (Å²) in [5.74, 6) is -0.304. The summed E-state index contributed by atoms with van der Waals surface area (Å²) in [6.45, 7) is 5.22. The second-order valence-electron chi connectivity index (χ2n) is 5.71. The van der Waals surface area contributed by atoms with Crippen LogP contribution in [0.3, 0.4) is 0 Å². The van der Waals surface area contributed by atoms with Crippen molar-refractivity contribution in [2.24, 2.45) is 0 Å². The smallest absolute Gasteiger partial charge is 0.248 e. The Morgan fingerprint density at radius 1 is 1.14 bits per heavy atom. The van der Waals surface area contributed by atoms with Crippen LogP contribution in [-0.2, 0) is 9.59 Å². The molecule has 0 aromatic heterocycles. The van der Waals surface area contributed by atoms with Gasteiger partial charge >= 0.3 is 0 Å². The van der Waals surface area contributed by atoms with Gasteiger partial charge in [-0.05, 0) is 42.0 Å². The topological polar surface area (TPSA) is 76.7 Å². The molecular weight excluding hydrogens is 363 g/mol. The van der Waals surface area contributed by atoms with E-state index >= 15 is 0 Å². The van der Waals surface area contributed by atoms with Crippen molar-refractivity contribution in [2.45, 2.75) is 6.92 Å². The fourth-order valence-electron chi connectivity index (χ4n) is 2.30. The van der Waals surface area contributed by atoms with Crippen LogP contribution in [0.25, 0.3) is 6.08 Å². The highest BCUT2D eigenvalue weighted by Gasteiger charge is 2.07. The first-order chi connectivity index (χ1) is 13.4. The van der Waals surface area contributed by atoms with Crippen LogP contribution in [0.5, 0.6) is 11.5 Å². The summed E-state index contributed by atoms with van der Waals surface area (Å²) in [5, 5.41) is 4.97. The zero-order valence-electron chi connectivity index (χ0n) is 15.6. The molecule has 146 valence electrons. The third-order valence-electron chi connectivity index (χ3n) is 3.52. The lowest BCUT2D eigenvalue weighted by Gasteiger charge is -2.10. The molecule has 0 saturated carbocycles. The van der Waals surface area contributed by atoms with Crippen molar-refractivity contribution in [2.75, 3.05) is 24.4 Å². The standard InChI is InChI=1S/C21H21FN2O4/c1-4-11-28-19-9-5-15(12-20(19)27-3)6-10-21(26)24-16-7-8-17(22)18(13-16)23-14(2)25/h4-10,12-13H,1,11H2,2-3H3,(H,23,25)(H,24,26)/b10-6+. The SMILES string of the molecule is C=CCOc1ccc(/C=C/C(=O)Nc2ccc(F)c(NC(C)=O)c2)cc1OC. The highest BCUT2D eigenvalue weighted by Crippen LogP contribution is 2.28. The summed E-state index contributed by atoms with van der Waals surface area (Å²) >= 11 is 0. The maximum atomic E-state index is 13.6. The number of carbonyl (C=O) groups is 2. The van der Waals surface area contributed by atoms with E-state index in [4.69, 9.17) is 9.47 Å². The molecule has 0 radical (unpaired) electrons. The lowest BCUT2D eigenvalue weighted by molar-refractivity contribution is -0.114. The number of carbonyl (C=O) groups excluding carboxylic acids is 2. The Morgan fingerprint density at radius 3 is 2.61 bits per heavy atom. The van der Waals surface area contributed by atoms with Crippen LogP contribution in [0.2, 0.25) is 0 Å². The van der Waals surface area contributed by atoms with Crippen molar-refractivity contribution in [1.29, 1.82) is 0 Å². The molecular formula is C21H21FN2O4. The van der Waals surface area contributed by atoms with E-state index in [-0.39, 0.29) is 5.69 Å². The molecule has 0 atom stereocenters. The Morgan fingerprint density at radius 2 is 1.93 bits per heavy atom. The van der Waals surface area contributed by atoms with Crippen molar-refractivity contribution >= 4 is 29.3 Å². The second-order valence-corrected chi connectivity index (χ2v) is 5.71. The van der Waals surface area contributed by atoms with E-state index in [1.807, 2.05) is 0 Å². The van der Waals surface area contributed by atoms with Crippen molar-refractivity contribution in [1.82, 2.24) is 0 Å². The van der Waals surface area contributed by atoms with Crippen molar-refractivity contribution in [3.05, 3.63) is 66.5 Å². The first-order valence-electron chi connectivity index (χ1n) is 8.41. The largest absolute Gasteiger partial charge is 0.493 e.